The van der Waals surface area contributed by atoms with E-state index in [1.165, 1.54) is 0 Å². The predicted octanol–water partition coefficient (Wildman–Crippen LogP) is 2.34. The van der Waals surface area contributed by atoms with Crippen molar-refractivity contribution in [3.8, 4) is 0 Å². The molecule has 0 fully saturated rings. The third-order valence-electron chi connectivity index (χ3n) is 3.46. The molecule has 2 rings (SSSR count). The summed E-state index contributed by atoms with van der Waals surface area (Å²) in [5.41, 5.74) is 2.09. The van der Waals surface area contributed by atoms with E-state index in [-0.39, 0.29) is 11.6 Å². The lowest BCUT2D eigenvalue weighted by Crippen LogP contribution is -2.36. The van der Waals surface area contributed by atoms with Gasteiger partial charge in [-0.15, -0.1) is 0 Å². The van der Waals surface area contributed by atoms with Crippen LogP contribution in [-0.4, -0.2) is 21.6 Å². The van der Waals surface area contributed by atoms with Crippen molar-refractivity contribution in [1.29, 1.82) is 0 Å². The molecule has 0 aliphatic carbocycles. The molecule has 2 aromatic rings. The van der Waals surface area contributed by atoms with E-state index in [9.17, 15) is 0 Å². The molecule has 4 heteroatoms. The molecule has 0 saturated carbocycles. The Hall–Kier alpha value is -1.68. The lowest BCUT2D eigenvalue weighted by molar-refractivity contribution is 0.400. The SMILES string of the molecule is CNC(C)(C)c1cncn1C(C)c1ccccn1. The molecule has 0 aliphatic heterocycles. The normalized spacial score (nSPS) is 13.6. The summed E-state index contributed by atoms with van der Waals surface area (Å²) in [5.74, 6) is 0. The topological polar surface area (TPSA) is 42.7 Å². The highest BCUT2D eigenvalue weighted by Crippen LogP contribution is 2.24. The smallest absolute Gasteiger partial charge is 0.0955 e. The van der Waals surface area contributed by atoms with E-state index >= 15 is 0 Å². The van der Waals surface area contributed by atoms with Crippen LogP contribution >= 0.6 is 0 Å². The molecule has 2 heterocycles. The van der Waals surface area contributed by atoms with Crippen LogP contribution in [0.1, 0.15) is 38.2 Å². The molecule has 1 atom stereocenters. The molecule has 0 aromatic carbocycles. The van der Waals surface area contributed by atoms with Crippen molar-refractivity contribution >= 4 is 0 Å². The maximum Gasteiger partial charge on any atom is 0.0955 e. The summed E-state index contributed by atoms with van der Waals surface area (Å²) in [6, 6.07) is 6.17. The number of pyridine rings is 1. The highest BCUT2D eigenvalue weighted by Gasteiger charge is 2.24. The second-order valence-corrected chi connectivity index (χ2v) is 4.99. The van der Waals surface area contributed by atoms with Gasteiger partial charge in [0, 0.05) is 6.20 Å². The molecule has 1 unspecified atom stereocenters. The van der Waals surface area contributed by atoms with Gasteiger partial charge in [0.1, 0.15) is 0 Å². The zero-order chi connectivity index (χ0) is 13.2. The zero-order valence-electron chi connectivity index (χ0n) is 11.4. The largest absolute Gasteiger partial charge is 0.324 e. The number of hydrogen-bond donors (Lipinski definition) is 1. The minimum atomic E-state index is -0.112. The molecule has 1 N–H and O–H groups in total. The third kappa shape index (κ3) is 2.29. The Kier molecular flexibility index (Phi) is 3.48. The summed E-state index contributed by atoms with van der Waals surface area (Å²) >= 11 is 0. The standard InChI is InChI=1S/C14H20N4/c1-11(12-7-5-6-8-17-12)18-10-16-9-13(18)14(2,3)15-4/h5-11,15H,1-4H3. The Morgan fingerprint density at radius 3 is 2.72 bits per heavy atom. The summed E-state index contributed by atoms with van der Waals surface area (Å²) in [6.45, 7) is 6.43. The van der Waals surface area contributed by atoms with Crippen LogP contribution in [0.25, 0.3) is 0 Å². The van der Waals surface area contributed by atoms with E-state index in [1.54, 1.807) is 0 Å². The maximum absolute atomic E-state index is 4.41. The van der Waals surface area contributed by atoms with Gasteiger partial charge in [0.2, 0.25) is 0 Å². The molecule has 4 nitrogen and oxygen atoms in total. The molecule has 0 saturated heterocycles. The van der Waals surface area contributed by atoms with Gasteiger partial charge in [-0.25, -0.2) is 4.98 Å². The lowest BCUT2D eigenvalue weighted by atomic mass is 10.0. The summed E-state index contributed by atoms with van der Waals surface area (Å²) < 4.78 is 2.17. The van der Waals surface area contributed by atoms with Crippen LogP contribution in [0.15, 0.2) is 36.9 Å². The highest BCUT2D eigenvalue weighted by atomic mass is 15.1. The fourth-order valence-electron chi connectivity index (χ4n) is 1.99. The maximum atomic E-state index is 4.41. The quantitative estimate of drug-likeness (QED) is 0.897. The Morgan fingerprint density at radius 2 is 2.11 bits per heavy atom. The third-order valence-corrected chi connectivity index (χ3v) is 3.46. The van der Waals surface area contributed by atoms with Crippen molar-refractivity contribution in [1.82, 2.24) is 19.9 Å². The average Bonchev–Trinajstić information content (AvgIpc) is 2.89. The predicted molar refractivity (Wildman–Crippen MR) is 72.4 cm³/mol. The van der Waals surface area contributed by atoms with Crippen LogP contribution in [0.5, 0.6) is 0 Å². The summed E-state index contributed by atoms with van der Waals surface area (Å²) in [5, 5.41) is 3.31. The van der Waals surface area contributed by atoms with E-state index in [4.69, 9.17) is 0 Å². The molecular formula is C14H20N4. The minimum absolute atomic E-state index is 0.112. The number of rotatable bonds is 4. The van der Waals surface area contributed by atoms with Crippen molar-refractivity contribution in [2.75, 3.05) is 7.05 Å². The van der Waals surface area contributed by atoms with Gasteiger partial charge in [0.25, 0.3) is 0 Å². The highest BCUT2D eigenvalue weighted by molar-refractivity contribution is 5.17. The van der Waals surface area contributed by atoms with Crippen molar-refractivity contribution < 1.29 is 0 Å². The first-order valence-electron chi connectivity index (χ1n) is 6.18. The fraction of sp³-hybridized carbons (Fsp3) is 0.429. The van der Waals surface area contributed by atoms with Gasteiger partial charge < -0.3 is 9.88 Å². The van der Waals surface area contributed by atoms with E-state index in [1.807, 2.05) is 44.0 Å². The molecule has 0 amide bonds. The van der Waals surface area contributed by atoms with Crippen molar-refractivity contribution in [3.05, 3.63) is 48.3 Å². The van der Waals surface area contributed by atoms with Gasteiger partial charge in [0.15, 0.2) is 0 Å². The van der Waals surface area contributed by atoms with Gasteiger partial charge in [-0.1, -0.05) is 6.07 Å². The van der Waals surface area contributed by atoms with Gasteiger partial charge in [-0.2, -0.15) is 0 Å². The molecule has 2 aromatic heterocycles. The molecule has 0 bridgehead atoms. The zero-order valence-corrected chi connectivity index (χ0v) is 11.4. The van der Waals surface area contributed by atoms with Gasteiger partial charge in [0.05, 0.1) is 35.5 Å². The summed E-state index contributed by atoms with van der Waals surface area (Å²) in [4.78, 5) is 8.69. The monoisotopic (exact) mass is 244 g/mol. The Morgan fingerprint density at radius 1 is 1.33 bits per heavy atom. The summed E-state index contributed by atoms with van der Waals surface area (Å²) in [7, 11) is 1.96. The number of imidazole rings is 1. The molecule has 0 aliphatic rings. The second kappa shape index (κ2) is 4.90. The van der Waals surface area contributed by atoms with Crippen molar-refractivity contribution in [2.24, 2.45) is 0 Å². The van der Waals surface area contributed by atoms with Crippen molar-refractivity contribution in [2.45, 2.75) is 32.4 Å². The Labute approximate surface area is 108 Å². The summed E-state index contributed by atoms with van der Waals surface area (Å²) in [6.07, 6.45) is 5.61. The first kappa shape index (κ1) is 12.8. The van der Waals surface area contributed by atoms with Gasteiger partial charge in [-0.3, -0.25) is 4.98 Å². The van der Waals surface area contributed by atoms with Crippen LogP contribution in [0.3, 0.4) is 0 Å². The molecule has 0 spiro atoms. The van der Waals surface area contributed by atoms with Crippen LogP contribution in [-0.2, 0) is 5.54 Å². The number of nitrogens with zero attached hydrogens (tertiary/aromatic N) is 3. The Bertz CT molecular complexity index is 502. The van der Waals surface area contributed by atoms with E-state index in [2.05, 4.69) is 40.6 Å². The van der Waals surface area contributed by atoms with Crippen LogP contribution in [0.2, 0.25) is 0 Å². The fourth-order valence-corrected chi connectivity index (χ4v) is 1.99. The van der Waals surface area contributed by atoms with E-state index in [0.29, 0.717) is 0 Å². The average molecular weight is 244 g/mol. The first-order chi connectivity index (χ1) is 8.56. The second-order valence-electron chi connectivity index (χ2n) is 4.99. The molecule has 18 heavy (non-hydrogen) atoms. The lowest BCUT2D eigenvalue weighted by Gasteiger charge is -2.27. The van der Waals surface area contributed by atoms with Crippen molar-refractivity contribution in [3.63, 3.8) is 0 Å². The van der Waals surface area contributed by atoms with Crippen LogP contribution < -0.4 is 5.32 Å². The van der Waals surface area contributed by atoms with E-state index in [0.717, 1.165) is 11.4 Å². The number of hydrogen-bond acceptors (Lipinski definition) is 3. The number of nitrogens with one attached hydrogen (secondary N) is 1. The van der Waals surface area contributed by atoms with E-state index < -0.39 is 0 Å². The molecule has 0 radical (unpaired) electrons. The van der Waals surface area contributed by atoms with Crippen LogP contribution in [0.4, 0.5) is 0 Å². The molecular weight excluding hydrogens is 224 g/mol. The minimum Gasteiger partial charge on any atom is -0.324 e. The van der Waals surface area contributed by atoms with Crippen LogP contribution in [0, 0.1) is 0 Å². The van der Waals surface area contributed by atoms with Gasteiger partial charge >= 0.3 is 0 Å². The Balaban J connectivity index is 2.38. The van der Waals surface area contributed by atoms with Gasteiger partial charge in [-0.05, 0) is 40.0 Å². The molecule has 96 valence electrons. The number of aromatic nitrogens is 3. The first-order valence-corrected chi connectivity index (χ1v) is 6.18.